The smallest absolute Gasteiger partial charge is 0.303 e. The zero-order chi connectivity index (χ0) is 13.1. The molecule has 0 aliphatic heterocycles. The van der Waals surface area contributed by atoms with Gasteiger partial charge in [0.25, 0.3) is 0 Å². The van der Waals surface area contributed by atoms with Gasteiger partial charge in [0.2, 0.25) is 0 Å². The Kier molecular flexibility index (Phi) is 4.57. The molecule has 0 saturated heterocycles. The van der Waals surface area contributed by atoms with Crippen LogP contribution in [-0.2, 0) is 0 Å². The summed E-state index contributed by atoms with van der Waals surface area (Å²) in [4.78, 5) is 0. The van der Waals surface area contributed by atoms with Gasteiger partial charge < -0.3 is 5.32 Å². The third-order valence-electron chi connectivity index (χ3n) is 2.67. The Labute approximate surface area is 100 Å². The lowest BCUT2D eigenvalue weighted by molar-refractivity contribution is -0.157. The molecule has 0 radical (unpaired) electrons. The van der Waals surface area contributed by atoms with Gasteiger partial charge in [-0.15, -0.1) is 0 Å². The van der Waals surface area contributed by atoms with Crippen LogP contribution in [-0.4, -0.2) is 12.7 Å². The van der Waals surface area contributed by atoms with Crippen LogP contribution in [0.15, 0.2) is 24.3 Å². The van der Waals surface area contributed by atoms with Gasteiger partial charge in [0.15, 0.2) is 0 Å². The molecule has 0 amide bonds. The van der Waals surface area contributed by atoms with Crippen LogP contribution in [0.4, 0.5) is 13.2 Å². The van der Waals surface area contributed by atoms with E-state index >= 15 is 0 Å². The van der Waals surface area contributed by atoms with Crippen molar-refractivity contribution in [3.8, 4) is 0 Å². The molecule has 96 valence electrons. The van der Waals surface area contributed by atoms with Crippen molar-refractivity contribution >= 4 is 0 Å². The van der Waals surface area contributed by atoms with E-state index in [1.54, 1.807) is 31.2 Å². The Morgan fingerprint density at radius 2 is 1.53 bits per heavy atom. The van der Waals surface area contributed by atoms with Crippen LogP contribution in [0.2, 0.25) is 0 Å². The average molecular weight is 245 g/mol. The summed E-state index contributed by atoms with van der Waals surface area (Å²) in [6.45, 7) is 5.98. The average Bonchev–Trinajstić information content (AvgIpc) is 2.24. The Morgan fingerprint density at radius 1 is 1.06 bits per heavy atom. The summed E-state index contributed by atoms with van der Waals surface area (Å²) in [5.74, 6) is 0.326. The molecule has 0 aromatic heterocycles. The number of hydrogen-bond acceptors (Lipinski definition) is 1. The summed E-state index contributed by atoms with van der Waals surface area (Å²) >= 11 is 0. The van der Waals surface area contributed by atoms with E-state index in [2.05, 4.69) is 5.32 Å². The predicted molar refractivity (Wildman–Crippen MR) is 63.0 cm³/mol. The molecule has 1 N–H and O–H groups in total. The molecule has 0 bridgehead atoms. The van der Waals surface area contributed by atoms with E-state index < -0.39 is 12.2 Å². The highest BCUT2D eigenvalue weighted by Gasteiger charge is 2.39. The van der Waals surface area contributed by atoms with E-state index in [-0.39, 0.29) is 12.1 Å². The highest BCUT2D eigenvalue weighted by Crippen LogP contribution is 2.33. The minimum atomic E-state index is -4.25. The fourth-order valence-corrected chi connectivity index (χ4v) is 1.70. The third-order valence-corrected chi connectivity index (χ3v) is 2.67. The van der Waals surface area contributed by atoms with E-state index in [4.69, 9.17) is 0 Å². The molecule has 0 fully saturated rings. The van der Waals surface area contributed by atoms with Crippen LogP contribution in [0.25, 0.3) is 0 Å². The van der Waals surface area contributed by atoms with Gasteiger partial charge in [0.05, 0.1) is 0 Å². The zero-order valence-electron chi connectivity index (χ0n) is 10.3. The van der Waals surface area contributed by atoms with Gasteiger partial charge >= 0.3 is 6.18 Å². The highest BCUT2D eigenvalue weighted by atomic mass is 19.4. The van der Waals surface area contributed by atoms with Gasteiger partial charge in [0.1, 0.15) is 6.04 Å². The second kappa shape index (κ2) is 5.54. The third kappa shape index (κ3) is 3.73. The summed E-state index contributed by atoms with van der Waals surface area (Å²) in [5, 5.41) is 2.46. The lowest BCUT2D eigenvalue weighted by atomic mass is 9.99. The van der Waals surface area contributed by atoms with E-state index in [0.29, 0.717) is 5.92 Å². The summed E-state index contributed by atoms with van der Waals surface area (Å²) in [7, 11) is 0. The van der Waals surface area contributed by atoms with Crippen LogP contribution in [0.5, 0.6) is 0 Å². The molecule has 0 aliphatic carbocycles. The first-order chi connectivity index (χ1) is 7.86. The minimum Gasteiger partial charge on any atom is -0.303 e. The molecule has 0 aliphatic rings. The van der Waals surface area contributed by atoms with Gasteiger partial charge in [-0.3, -0.25) is 0 Å². The van der Waals surface area contributed by atoms with Crippen LogP contribution in [0, 0.1) is 0 Å². The maximum atomic E-state index is 12.8. The first-order valence-corrected chi connectivity index (χ1v) is 5.76. The largest absolute Gasteiger partial charge is 0.407 e. The van der Waals surface area contributed by atoms with Crippen molar-refractivity contribution in [2.75, 3.05) is 6.54 Å². The quantitative estimate of drug-likeness (QED) is 0.844. The first-order valence-electron chi connectivity index (χ1n) is 5.76. The topological polar surface area (TPSA) is 12.0 Å². The van der Waals surface area contributed by atoms with Crippen molar-refractivity contribution in [2.24, 2.45) is 0 Å². The Bertz CT molecular complexity index is 341. The van der Waals surface area contributed by atoms with Crippen molar-refractivity contribution in [3.63, 3.8) is 0 Å². The van der Waals surface area contributed by atoms with Crippen molar-refractivity contribution in [3.05, 3.63) is 35.4 Å². The van der Waals surface area contributed by atoms with Gasteiger partial charge in [-0.2, -0.15) is 13.2 Å². The molecule has 1 aromatic carbocycles. The molecule has 1 rings (SSSR count). The maximum Gasteiger partial charge on any atom is 0.407 e. The van der Waals surface area contributed by atoms with Crippen LogP contribution in [0.3, 0.4) is 0 Å². The zero-order valence-corrected chi connectivity index (χ0v) is 10.3. The Hall–Kier alpha value is -1.03. The minimum absolute atomic E-state index is 0.267. The number of rotatable bonds is 4. The molecule has 0 spiro atoms. The van der Waals surface area contributed by atoms with E-state index in [9.17, 15) is 13.2 Å². The fourth-order valence-electron chi connectivity index (χ4n) is 1.70. The van der Waals surface area contributed by atoms with Gasteiger partial charge in [-0.25, -0.2) is 0 Å². The predicted octanol–water partition coefficient (Wildman–Crippen LogP) is 4.02. The Balaban J connectivity index is 2.95. The van der Waals surface area contributed by atoms with Crippen LogP contribution >= 0.6 is 0 Å². The van der Waals surface area contributed by atoms with Crippen molar-refractivity contribution < 1.29 is 13.2 Å². The van der Waals surface area contributed by atoms with Gasteiger partial charge in [-0.05, 0) is 23.6 Å². The molecule has 1 nitrogen and oxygen atoms in total. The summed E-state index contributed by atoms with van der Waals surface area (Å²) in [5.41, 5.74) is 1.31. The monoisotopic (exact) mass is 245 g/mol. The van der Waals surface area contributed by atoms with E-state index in [1.165, 1.54) is 0 Å². The number of alkyl halides is 3. The SMILES string of the molecule is CCNC(c1ccc(C(C)C)cc1)C(F)(F)F. The molecular weight excluding hydrogens is 227 g/mol. The lowest BCUT2D eigenvalue weighted by Gasteiger charge is -2.21. The number of benzene rings is 1. The molecule has 0 heterocycles. The summed E-state index contributed by atoms with van der Waals surface area (Å²) in [6, 6.07) is 5.05. The molecule has 1 unspecified atom stereocenters. The molecule has 1 atom stereocenters. The number of halogens is 3. The second-order valence-corrected chi connectivity index (χ2v) is 4.35. The number of nitrogens with one attached hydrogen (secondary N) is 1. The fraction of sp³-hybridized carbons (Fsp3) is 0.538. The van der Waals surface area contributed by atoms with E-state index in [0.717, 1.165) is 5.56 Å². The second-order valence-electron chi connectivity index (χ2n) is 4.35. The van der Waals surface area contributed by atoms with E-state index in [1.807, 2.05) is 13.8 Å². The maximum absolute atomic E-state index is 12.8. The van der Waals surface area contributed by atoms with Crippen molar-refractivity contribution in [1.82, 2.24) is 5.32 Å². The molecule has 0 saturated carbocycles. The molecule has 1 aromatic rings. The molecule has 17 heavy (non-hydrogen) atoms. The molecular formula is C13H18F3N. The van der Waals surface area contributed by atoms with Gasteiger partial charge in [0, 0.05) is 0 Å². The normalized spacial score (nSPS) is 14.1. The molecule has 4 heteroatoms. The standard InChI is InChI=1S/C13H18F3N/c1-4-17-12(13(14,15)16)11-7-5-10(6-8-11)9(2)3/h5-9,12,17H,4H2,1-3H3. The van der Waals surface area contributed by atoms with Crippen molar-refractivity contribution in [1.29, 1.82) is 0 Å². The summed E-state index contributed by atoms with van der Waals surface area (Å²) < 4.78 is 38.4. The summed E-state index contributed by atoms with van der Waals surface area (Å²) in [6.07, 6.45) is -4.25. The van der Waals surface area contributed by atoms with Crippen LogP contribution in [0.1, 0.15) is 43.9 Å². The van der Waals surface area contributed by atoms with Crippen LogP contribution < -0.4 is 5.32 Å². The first kappa shape index (κ1) is 14.0. The van der Waals surface area contributed by atoms with Crippen molar-refractivity contribution in [2.45, 2.75) is 38.9 Å². The number of hydrogen-bond donors (Lipinski definition) is 1. The van der Waals surface area contributed by atoms with Gasteiger partial charge in [-0.1, -0.05) is 45.0 Å². The Morgan fingerprint density at radius 3 is 1.88 bits per heavy atom. The lowest BCUT2D eigenvalue weighted by Crippen LogP contribution is -2.33. The highest BCUT2D eigenvalue weighted by molar-refractivity contribution is 5.27.